The quantitative estimate of drug-likeness (QED) is 0.897. The van der Waals surface area contributed by atoms with Gasteiger partial charge >= 0.3 is 0 Å². The van der Waals surface area contributed by atoms with Crippen molar-refractivity contribution in [2.75, 3.05) is 32.1 Å². The molecule has 0 aromatic carbocycles. The number of fused-ring (bicyclic) bond motifs is 1. The van der Waals surface area contributed by atoms with Gasteiger partial charge in [0.1, 0.15) is 5.54 Å². The summed E-state index contributed by atoms with van der Waals surface area (Å²) in [5.74, 6) is 0.992. The first-order valence-electron chi connectivity index (χ1n) is 10.2. The third-order valence-electron chi connectivity index (χ3n) is 6.44. The van der Waals surface area contributed by atoms with Crippen molar-refractivity contribution in [2.24, 2.45) is 0 Å². The molecule has 6 nitrogen and oxygen atoms in total. The Balaban J connectivity index is 1.55. The number of carbonyl (C=O) groups is 1. The predicted molar refractivity (Wildman–Crippen MR) is 102 cm³/mol. The Hall–Kier alpha value is -1.69. The van der Waals surface area contributed by atoms with Gasteiger partial charge in [-0.2, -0.15) is 0 Å². The number of carbonyl (C=O) groups excluding carboxylic acids is 1. The molecule has 1 aliphatic heterocycles. The van der Waals surface area contributed by atoms with Gasteiger partial charge in [-0.05, 0) is 58.0 Å². The van der Waals surface area contributed by atoms with Crippen molar-refractivity contribution in [3.05, 3.63) is 17.5 Å². The van der Waals surface area contributed by atoms with Crippen LogP contribution in [0.15, 0.2) is 6.20 Å². The molecule has 1 amide bonds. The minimum Gasteiger partial charge on any atom is -0.348 e. The van der Waals surface area contributed by atoms with Gasteiger partial charge in [-0.15, -0.1) is 0 Å². The summed E-state index contributed by atoms with van der Waals surface area (Å²) in [6, 6.07) is 0.0579. The second kappa shape index (κ2) is 7.14. The fraction of sp³-hybridized carbons (Fsp3) is 0.750. The number of amides is 1. The highest BCUT2D eigenvalue weighted by Crippen LogP contribution is 2.39. The molecule has 1 unspecified atom stereocenters. The molecule has 6 heteroatoms. The van der Waals surface area contributed by atoms with E-state index in [1.165, 1.54) is 25.7 Å². The second-order valence-electron chi connectivity index (χ2n) is 8.32. The van der Waals surface area contributed by atoms with Crippen molar-refractivity contribution in [3.8, 4) is 0 Å². The number of aromatic nitrogens is 2. The van der Waals surface area contributed by atoms with Crippen LogP contribution in [0.25, 0.3) is 0 Å². The summed E-state index contributed by atoms with van der Waals surface area (Å²) in [7, 11) is 3.92. The van der Waals surface area contributed by atoms with E-state index in [9.17, 15) is 4.79 Å². The van der Waals surface area contributed by atoms with Crippen LogP contribution in [0.2, 0.25) is 0 Å². The van der Waals surface area contributed by atoms with Gasteiger partial charge in [0.25, 0.3) is 0 Å². The number of anilines is 1. The number of nitrogens with zero attached hydrogens (tertiary/aromatic N) is 4. The lowest BCUT2D eigenvalue weighted by Crippen LogP contribution is -2.57. The third kappa shape index (κ3) is 3.08. The lowest BCUT2D eigenvalue weighted by molar-refractivity contribution is -0.133. The van der Waals surface area contributed by atoms with E-state index in [0.717, 1.165) is 62.4 Å². The molecule has 142 valence electrons. The van der Waals surface area contributed by atoms with E-state index in [1.807, 2.05) is 25.2 Å². The van der Waals surface area contributed by atoms with Crippen LogP contribution in [0.1, 0.15) is 68.7 Å². The summed E-state index contributed by atoms with van der Waals surface area (Å²) in [6.07, 6.45) is 11.8. The fourth-order valence-corrected chi connectivity index (χ4v) is 4.99. The molecule has 0 bridgehead atoms. The van der Waals surface area contributed by atoms with Gasteiger partial charge < -0.3 is 10.2 Å². The molecule has 1 saturated carbocycles. The highest BCUT2D eigenvalue weighted by Gasteiger charge is 2.47. The zero-order valence-corrected chi connectivity index (χ0v) is 16.1. The van der Waals surface area contributed by atoms with Crippen LogP contribution in [0, 0.1) is 0 Å². The maximum Gasteiger partial charge on any atom is 0.241 e. The molecule has 2 fully saturated rings. The van der Waals surface area contributed by atoms with Crippen molar-refractivity contribution >= 4 is 11.9 Å². The van der Waals surface area contributed by atoms with E-state index in [0.29, 0.717) is 0 Å². The van der Waals surface area contributed by atoms with Gasteiger partial charge in [-0.25, -0.2) is 9.97 Å². The van der Waals surface area contributed by atoms with Crippen LogP contribution in [-0.4, -0.2) is 53.5 Å². The smallest absolute Gasteiger partial charge is 0.241 e. The Kier molecular flexibility index (Phi) is 4.86. The Morgan fingerprint density at radius 3 is 2.62 bits per heavy atom. The minimum absolute atomic E-state index is 0.0579. The van der Waals surface area contributed by atoms with E-state index in [4.69, 9.17) is 4.98 Å². The second-order valence-corrected chi connectivity index (χ2v) is 8.32. The van der Waals surface area contributed by atoms with E-state index < -0.39 is 0 Å². The maximum absolute atomic E-state index is 13.4. The number of hydrogen-bond acceptors (Lipinski definition) is 5. The van der Waals surface area contributed by atoms with Crippen molar-refractivity contribution in [1.29, 1.82) is 0 Å². The third-order valence-corrected chi connectivity index (χ3v) is 6.44. The summed E-state index contributed by atoms with van der Waals surface area (Å²) in [5.41, 5.74) is 1.95. The van der Waals surface area contributed by atoms with Crippen molar-refractivity contribution < 1.29 is 4.79 Å². The molecule has 1 aromatic heterocycles. The molecule has 0 spiro atoms. The van der Waals surface area contributed by atoms with Crippen molar-refractivity contribution in [2.45, 2.75) is 69.4 Å². The minimum atomic E-state index is -0.265. The molecule has 2 aliphatic carbocycles. The Morgan fingerprint density at radius 2 is 1.92 bits per heavy atom. The monoisotopic (exact) mass is 357 g/mol. The molecule has 1 aromatic rings. The van der Waals surface area contributed by atoms with Crippen molar-refractivity contribution in [1.82, 2.24) is 20.2 Å². The number of aryl methyl sites for hydroxylation is 1. The van der Waals surface area contributed by atoms with Gasteiger partial charge in [-0.3, -0.25) is 9.69 Å². The molecule has 2 heterocycles. The van der Waals surface area contributed by atoms with Crippen molar-refractivity contribution in [3.63, 3.8) is 0 Å². The summed E-state index contributed by atoms with van der Waals surface area (Å²) >= 11 is 0. The van der Waals surface area contributed by atoms with E-state index in [1.54, 1.807) is 0 Å². The highest BCUT2D eigenvalue weighted by atomic mass is 16.2. The van der Waals surface area contributed by atoms with Crippen LogP contribution in [0.5, 0.6) is 0 Å². The molecule has 4 rings (SSSR count). The highest BCUT2D eigenvalue weighted by molar-refractivity contribution is 5.87. The number of nitrogens with one attached hydrogen (secondary N) is 1. The summed E-state index contributed by atoms with van der Waals surface area (Å²) in [5, 5.41) is 3.41. The molecule has 1 atom stereocenters. The standard InChI is InChI=1S/C20H31N5O/c1-24(2)19-21-14-15-16(8-7-9-17(15)23-19)22-18(26)20(10-3-4-11-20)25-12-5-6-13-25/h14,16H,3-13H2,1-2H3,(H,22,26). The molecular weight excluding hydrogens is 326 g/mol. The zero-order chi connectivity index (χ0) is 18.1. The Labute approximate surface area is 156 Å². The molecule has 1 N–H and O–H groups in total. The maximum atomic E-state index is 13.4. The molecule has 0 radical (unpaired) electrons. The van der Waals surface area contributed by atoms with Crippen LogP contribution in [0.4, 0.5) is 5.95 Å². The van der Waals surface area contributed by atoms with Gasteiger partial charge in [-0.1, -0.05) is 12.8 Å². The molecule has 3 aliphatic rings. The first-order valence-corrected chi connectivity index (χ1v) is 10.2. The Bertz CT molecular complexity index is 662. The first-order chi connectivity index (χ1) is 12.6. The number of rotatable bonds is 4. The summed E-state index contributed by atoms with van der Waals surface area (Å²) < 4.78 is 0. The van der Waals surface area contributed by atoms with E-state index >= 15 is 0 Å². The first kappa shape index (κ1) is 17.7. The number of likely N-dealkylation sites (tertiary alicyclic amines) is 1. The zero-order valence-electron chi connectivity index (χ0n) is 16.1. The Morgan fingerprint density at radius 1 is 1.19 bits per heavy atom. The van der Waals surface area contributed by atoms with Crippen LogP contribution >= 0.6 is 0 Å². The topological polar surface area (TPSA) is 61.4 Å². The molecule has 26 heavy (non-hydrogen) atoms. The average Bonchev–Trinajstić information content (AvgIpc) is 3.33. The molecular formula is C20H31N5O. The SMILES string of the molecule is CN(C)c1ncc2c(n1)CCCC2NC(=O)C1(N2CCCC2)CCCC1. The normalized spacial score (nSPS) is 25.1. The van der Waals surface area contributed by atoms with Crippen LogP contribution < -0.4 is 10.2 Å². The van der Waals surface area contributed by atoms with Gasteiger partial charge in [0.2, 0.25) is 11.9 Å². The van der Waals surface area contributed by atoms with E-state index in [-0.39, 0.29) is 17.5 Å². The van der Waals surface area contributed by atoms with E-state index in [2.05, 4.69) is 15.2 Å². The average molecular weight is 358 g/mol. The number of hydrogen-bond donors (Lipinski definition) is 1. The van der Waals surface area contributed by atoms with Crippen LogP contribution in [-0.2, 0) is 11.2 Å². The van der Waals surface area contributed by atoms with Gasteiger partial charge in [0, 0.05) is 25.9 Å². The molecule has 1 saturated heterocycles. The van der Waals surface area contributed by atoms with Gasteiger partial charge in [0.15, 0.2) is 0 Å². The largest absolute Gasteiger partial charge is 0.348 e. The summed E-state index contributed by atoms with van der Waals surface area (Å²) in [4.78, 5) is 27.0. The lowest BCUT2D eigenvalue weighted by Gasteiger charge is -2.39. The predicted octanol–water partition coefficient (Wildman–Crippen LogP) is 2.44. The summed E-state index contributed by atoms with van der Waals surface area (Å²) in [6.45, 7) is 2.15. The van der Waals surface area contributed by atoms with Crippen LogP contribution in [0.3, 0.4) is 0 Å². The van der Waals surface area contributed by atoms with Gasteiger partial charge in [0.05, 0.1) is 11.7 Å². The fourth-order valence-electron chi connectivity index (χ4n) is 4.99. The lowest BCUT2D eigenvalue weighted by atomic mass is 9.89.